The van der Waals surface area contributed by atoms with Crippen molar-refractivity contribution in [2.45, 2.75) is 32.2 Å². The van der Waals surface area contributed by atoms with Crippen molar-refractivity contribution in [3.05, 3.63) is 35.9 Å². The van der Waals surface area contributed by atoms with Crippen LogP contribution < -0.4 is 5.32 Å². The van der Waals surface area contributed by atoms with Crippen molar-refractivity contribution in [1.82, 2.24) is 5.32 Å². The van der Waals surface area contributed by atoms with E-state index in [4.69, 9.17) is 4.74 Å². The Morgan fingerprint density at radius 2 is 1.89 bits per heavy atom. The van der Waals surface area contributed by atoms with Crippen molar-refractivity contribution in [3.8, 4) is 0 Å². The summed E-state index contributed by atoms with van der Waals surface area (Å²) in [5.74, 6) is -0.925. The average Bonchev–Trinajstić information content (AvgIpc) is 2.24. The summed E-state index contributed by atoms with van der Waals surface area (Å²) in [5, 5.41) is 2.41. The lowest BCUT2D eigenvalue weighted by Gasteiger charge is -2.22. The number of hydrogen-bond donors (Lipinski definition) is 2. The van der Waals surface area contributed by atoms with E-state index in [0.717, 1.165) is 0 Å². The second-order valence-corrected chi connectivity index (χ2v) is 6.08. The lowest BCUT2D eigenvalue weighted by atomic mass is 10.2. The molecule has 1 rings (SSSR count). The molecular formula is C12H18NO4P. The molecule has 0 spiro atoms. The van der Waals surface area contributed by atoms with Gasteiger partial charge in [0.25, 0.3) is 0 Å². The zero-order chi connectivity index (χ0) is 13.8. The van der Waals surface area contributed by atoms with E-state index in [2.05, 4.69) is 5.32 Å². The number of carbonyl (C=O) groups is 1. The van der Waals surface area contributed by atoms with Crippen molar-refractivity contribution >= 4 is 14.1 Å². The van der Waals surface area contributed by atoms with Crippen molar-refractivity contribution in [2.24, 2.45) is 0 Å². The molecule has 0 saturated heterocycles. The molecule has 0 aliphatic heterocycles. The fourth-order valence-electron chi connectivity index (χ4n) is 1.36. The first-order valence-electron chi connectivity index (χ1n) is 5.57. The largest absolute Gasteiger partial charge is 0.444 e. The van der Waals surface area contributed by atoms with Gasteiger partial charge in [-0.05, 0) is 26.3 Å². The Hall–Kier alpha value is -1.32. The molecule has 0 saturated carbocycles. The Morgan fingerprint density at radius 3 is 2.33 bits per heavy atom. The molecule has 2 unspecified atom stereocenters. The first kappa shape index (κ1) is 14.7. The first-order valence-corrected chi connectivity index (χ1v) is 7.00. The van der Waals surface area contributed by atoms with E-state index >= 15 is 0 Å². The van der Waals surface area contributed by atoms with Crippen LogP contribution in [0.15, 0.2) is 30.3 Å². The van der Waals surface area contributed by atoms with Crippen LogP contribution in [-0.2, 0) is 9.30 Å². The Kier molecular flexibility index (Phi) is 4.93. The van der Waals surface area contributed by atoms with E-state index < -0.39 is 25.5 Å². The zero-order valence-corrected chi connectivity index (χ0v) is 11.6. The Balaban J connectivity index is 2.77. The molecule has 0 aliphatic carbocycles. The minimum absolute atomic E-state index is 0.578. The Morgan fingerprint density at radius 1 is 1.33 bits per heavy atom. The SMILES string of the molecule is CC(C)(C)OC(=O)NC(c1ccccc1)[PH](=O)O. The molecule has 1 amide bonds. The summed E-state index contributed by atoms with van der Waals surface area (Å²) in [4.78, 5) is 20.9. The molecule has 100 valence electrons. The number of benzene rings is 1. The van der Waals surface area contributed by atoms with Gasteiger partial charge in [0.1, 0.15) is 11.4 Å². The van der Waals surface area contributed by atoms with Gasteiger partial charge >= 0.3 is 6.09 Å². The summed E-state index contributed by atoms with van der Waals surface area (Å²) in [5.41, 5.74) is -0.0638. The van der Waals surface area contributed by atoms with Crippen LogP contribution >= 0.6 is 8.03 Å². The summed E-state index contributed by atoms with van der Waals surface area (Å²) >= 11 is 0. The summed E-state index contributed by atoms with van der Waals surface area (Å²) in [7, 11) is -2.94. The molecule has 2 N–H and O–H groups in total. The van der Waals surface area contributed by atoms with Gasteiger partial charge in [-0.25, -0.2) is 4.79 Å². The summed E-state index contributed by atoms with van der Waals surface area (Å²) in [6, 6.07) is 8.64. The lowest BCUT2D eigenvalue weighted by molar-refractivity contribution is 0.0518. The van der Waals surface area contributed by atoms with E-state index in [0.29, 0.717) is 5.56 Å². The molecule has 0 radical (unpaired) electrons. The fraction of sp³-hybridized carbons (Fsp3) is 0.417. The van der Waals surface area contributed by atoms with Gasteiger partial charge in [-0.15, -0.1) is 0 Å². The predicted molar refractivity (Wildman–Crippen MR) is 69.8 cm³/mol. The van der Waals surface area contributed by atoms with Crippen LogP contribution in [0.25, 0.3) is 0 Å². The maximum Gasteiger partial charge on any atom is 0.408 e. The van der Waals surface area contributed by atoms with Gasteiger partial charge < -0.3 is 14.9 Å². The highest BCUT2D eigenvalue weighted by atomic mass is 31.1. The molecule has 2 atom stereocenters. The predicted octanol–water partition coefficient (Wildman–Crippen LogP) is 2.68. The molecule has 5 nitrogen and oxygen atoms in total. The Labute approximate surface area is 107 Å². The van der Waals surface area contributed by atoms with Gasteiger partial charge in [-0.2, -0.15) is 0 Å². The van der Waals surface area contributed by atoms with Gasteiger partial charge in [0.2, 0.25) is 8.03 Å². The van der Waals surface area contributed by atoms with Gasteiger partial charge in [0, 0.05) is 0 Å². The smallest absolute Gasteiger partial charge is 0.408 e. The normalized spacial score (nSPS) is 14.7. The Bertz CT molecular complexity index is 427. The van der Waals surface area contributed by atoms with Crippen LogP contribution in [-0.4, -0.2) is 16.6 Å². The van der Waals surface area contributed by atoms with Crippen LogP contribution in [0.4, 0.5) is 4.79 Å². The maximum atomic E-state index is 11.6. The van der Waals surface area contributed by atoms with Crippen molar-refractivity contribution < 1.29 is 19.0 Å². The topological polar surface area (TPSA) is 75.6 Å². The van der Waals surface area contributed by atoms with Crippen LogP contribution in [0.1, 0.15) is 32.1 Å². The monoisotopic (exact) mass is 271 g/mol. The van der Waals surface area contributed by atoms with Crippen molar-refractivity contribution in [1.29, 1.82) is 0 Å². The molecule has 0 bridgehead atoms. The fourth-order valence-corrected chi connectivity index (χ4v) is 2.08. The van der Waals surface area contributed by atoms with Gasteiger partial charge in [0.15, 0.2) is 0 Å². The van der Waals surface area contributed by atoms with Gasteiger partial charge in [0.05, 0.1) is 0 Å². The molecule has 1 aromatic carbocycles. The van der Waals surface area contributed by atoms with E-state index in [1.165, 1.54) is 0 Å². The highest BCUT2D eigenvalue weighted by Crippen LogP contribution is 2.34. The van der Waals surface area contributed by atoms with Crippen molar-refractivity contribution in [3.63, 3.8) is 0 Å². The van der Waals surface area contributed by atoms with Gasteiger partial charge in [-0.3, -0.25) is 4.57 Å². The van der Waals surface area contributed by atoms with E-state index in [-0.39, 0.29) is 0 Å². The number of amides is 1. The van der Waals surface area contributed by atoms with Crippen LogP contribution in [0.3, 0.4) is 0 Å². The molecule has 6 heteroatoms. The highest BCUT2D eigenvalue weighted by molar-refractivity contribution is 7.38. The standard InChI is InChI=1S/C12H18NO4P/c1-12(2,3)17-11(14)13-10(18(15)16)9-7-5-4-6-8-9/h4-8,10,18H,1-3H3,(H,13,14)(H,15,16). The second-order valence-electron chi connectivity index (χ2n) is 4.83. The third kappa shape index (κ3) is 4.90. The summed E-state index contributed by atoms with van der Waals surface area (Å²) in [6.45, 7) is 5.18. The number of rotatable bonds is 3. The number of nitrogens with one attached hydrogen (secondary N) is 1. The lowest BCUT2D eigenvalue weighted by Crippen LogP contribution is -2.33. The molecular weight excluding hydrogens is 253 g/mol. The number of alkyl carbamates (subject to hydrolysis) is 1. The minimum atomic E-state index is -2.94. The van der Waals surface area contributed by atoms with Crippen LogP contribution in [0.5, 0.6) is 0 Å². The first-order chi connectivity index (χ1) is 8.29. The minimum Gasteiger partial charge on any atom is -0.444 e. The second kappa shape index (κ2) is 6.03. The highest BCUT2D eigenvalue weighted by Gasteiger charge is 2.23. The quantitative estimate of drug-likeness (QED) is 0.829. The number of carbonyl (C=O) groups excluding carboxylic acids is 1. The molecule has 0 aliphatic rings. The third-order valence-electron chi connectivity index (χ3n) is 2.04. The van der Waals surface area contributed by atoms with E-state index in [9.17, 15) is 14.3 Å². The van der Waals surface area contributed by atoms with Crippen LogP contribution in [0.2, 0.25) is 0 Å². The molecule has 0 fully saturated rings. The summed E-state index contributed by atoms with van der Waals surface area (Å²) < 4.78 is 16.4. The number of hydrogen-bond acceptors (Lipinski definition) is 3. The third-order valence-corrected chi connectivity index (χ3v) is 3.01. The summed E-state index contributed by atoms with van der Waals surface area (Å²) in [6.07, 6.45) is -0.705. The molecule has 0 aromatic heterocycles. The number of ether oxygens (including phenoxy) is 1. The van der Waals surface area contributed by atoms with Crippen molar-refractivity contribution in [2.75, 3.05) is 0 Å². The van der Waals surface area contributed by atoms with E-state index in [1.54, 1.807) is 51.1 Å². The van der Waals surface area contributed by atoms with Gasteiger partial charge in [-0.1, -0.05) is 30.3 Å². The molecule has 1 aromatic rings. The van der Waals surface area contributed by atoms with E-state index in [1.807, 2.05) is 0 Å². The van der Waals surface area contributed by atoms with Crippen LogP contribution in [0, 0.1) is 0 Å². The average molecular weight is 271 g/mol. The maximum absolute atomic E-state index is 11.6. The molecule has 0 heterocycles. The molecule has 18 heavy (non-hydrogen) atoms. The zero-order valence-electron chi connectivity index (χ0n) is 10.6.